The number of nitro groups is 1. The first kappa shape index (κ1) is 19.6. The average Bonchev–Trinajstić information content (AvgIpc) is 3.04. The standard InChI is InChI=1S/C19H18ClN3O5/c1-11-3-5-14(9-15(11)23(26)27)21-19(25)12-7-18(24)22(10-12)16-8-13(20)4-6-17(16)28-2/h3-6,8-9,12H,7,10H2,1-2H3,(H,21,25)/t12-/m1/s1. The SMILES string of the molecule is COc1ccc(Cl)cc1N1C[C@H](C(=O)Nc2ccc(C)c([N+](=O)[O-])c2)CC1=O. The van der Waals surface area contributed by atoms with Crippen molar-refractivity contribution in [2.24, 2.45) is 5.92 Å². The summed E-state index contributed by atoms with van der Waals surface area (Å²) in [5.41, 5.74) is 1.23. The number of methoxy groups -OCH3 is 1. The molecule has 1 fully saturated rings. The van der Waals surface area contributed by atoms with Crippen LogP contribution in [0.15, 0.2) is 36.4 Å². The van der Waals surface area contributed by atoms with Crippen LogP contribution in [0.1, 0.15) is 12.0 Å². The van der Waals surface area contributed by atoms with Crippen LogP contribution >= 0.6 is 11.6 Å². The van der Waals surface area contributed by atoms with Gasteiger partial charge in [-0.15, -0.1) is 0 Å². The molecule has 1 aliphatic heterocycles. The first-order valence-corrected chi connectivity index (χ1v) is 8.87. The van der Waals surface area contributed by atoms with Crippen LogP contribution in [0.4, 0.5) is 17.1 Å². The van der Waals surface area contributed by atoms with E-state index in [1.165, 1.54) is 18.1 Å². The Kier molecular flexibility index (Phi) is 5.51. The number of halogens is 1. The minimum Gasteiger partial charge on any atom is -0.495 e. The number of amides is 2. The third kappa shape index (κ3) is 3.91. The van der Waals surface area contributed by atoms with E-state index in [0.717, 1.165) is 0 Å². The first-order valence-electron chi connectivity index (χ1n) is 8.50. The van der Waals surface area contributed by atoms with Gasteiger partial charge in [-0.1, -0.05) is 17.7 Å². The summed E-state index contributed by atoms with van der Waals surface area (Å²) in [6, 6.07) is 9.39. The predicted octanol–water partition coefficient (Wildman–Crippen LogP) is 3.56. The molecule has 1 aliphatic rings. The molecular formula is C19H18ClN3O5. The van der Waals surface area contributed by atoms with E-state index in [2.05, 4.69) is 5.32 Å². The lowest BCUT2D eigenvalue weighted by atomic mass is 10.1. The van der Waals surface area contributed by atoms with Gasteiger partial charge in [-0.3, -0.25) is 19.7 Å². The molecule has 146 valence electrons. The molecular weight excluding hydrogens is 386 g/mol. The van der Waals surface area contributed by atoms with E-state index in [9.17, 15) is 19.7 Å². The lowest BCUT2D eigenvalue weighted by molar-refractivity contribution is -0.385. The Labute approximate surface area is 166 Å². The van der Waals surface area contributed by atoms with Gasteiger partial charge < -0.3 is 15.0 Å². The zero-order valence-corrected chi connectivity index (χ0v) is 16.0. The molecule has 1 N–H and O–H groups in total. The molecule has 2 amide bonds. The van der Waals surface area contributed by atoms with E-state index >= 15 is 0 Å². The van der Waals surface area contributed by atoms with E-state index in [-0.39, 0.29) is 30.5 Å². The molecule has 3 rings (SSSR count). The van der Waals surface area contributed by atoms with Gasteiger partial charge in [0.25, 0.3) is 5.69 Å². The molecule has 2 aromatic rings. The van der Waals surface area contributed by atoms with Gasteiger partial charge in [-0.2, -0.15) is 0 Å². The number of nitrogens with zero attached hydrogens (tertiary/aromatic N) is 2. The smallest absolute Gasteiger partial charge is 0.274 e. The third-order valence-electron chi connectivity index (χ3n) is 4.60. The zero-order chi connectivity index (χ0) is 20.4. The molecule has 1 atom stereocenters. The maximum Gasteiger partial charge on any atom is 0.274 e. The van der Waals surface area contributed by atoms with E-state index in [1.807, 2.05) is 0 Å². The number of aryl methyl sites for hydroxylation is 1. The molecule has 28 heavy (non-hydrogen) atoms. The van der Waals surface area contributed by atoms with Crippen molar-refractivity contribution in [2.75, 3.05) is 23.9 Å². The Bertz CT molecular complexity index is 963. The first-order chi connectivity index (χ1) is 13.3. The quantitative estimate of drug-likeness (QED) is 0.607. The molecule has 8 nitrogen and oxygen atoms in total. The van der Waals surface area contributed by atoms with Gasteiger partial charge in [-0.25, -0.2) is 0 Å². The molecule has 0 radical (unpaired) electrons. The molecule has 9 heteroatoms. The molecule has 1 heterocycles. The highest BCUT2D eigenvalue weighted by Gasteiger charge is 2.36. The summed E-state index contributed by atoms with van der Waals surface area (Å²) in [6.45, 7) is 1.78. The Morgan fingerprint density at radius 2 is 2.07 bits per heavy atom. The number of carbonyl (C=O) groups excluding carboxylic acids is 2. The van der Waals surface area contributed by atoms with Gasteiger partial charge in [0.15, 0.2) is 0 Å². The zero-order valence-electron chi connectivity index (χ0n) is 15.3. The van der Waals surface area contributed by atoms with Gasteiger partial charge in [0.1, 0.15) is 5.75 Å². The van der Waals surface area contributed by atoms with Gasteiger partial charge in [0.05, 0.1) is 23.6 Å². The summed E-state index contributed by atoms with van der Waals surface area (Å²) < 4.78 is 5.28. The van der Waals surface area contributed by atoms with Crippen LogP contribution < -0.4 is 15.0 Å². The number of nitro benzene ring substituents is 1. The number of hydrogen-bond donors (Lipinski definition) is 1. The van der Waals surface area contributed by atoms with Crippen LogP contribution in [0.5, 0.6) is 5.75 Å². The van der Waals surface area contributed by atoms with Crippen LogP contribution in [-0.4, -0.2) is 30.4 Å². The molecule has 1 saturated heterocycles. The highest BCUT2D eigenvalue weighted by atomic mass is 35.5. The molecule has 0 aromatic heterocycles. The van der Waals surface area contributed by atoms with Crippen molar-refractivity contribution in [1.29, 1.82) is 0 Å². The van der Waals surface area contributed by atoms with Crippen LogP contribution in [0.2, 0.25) is 5.02 Å². The molecule has 0 saturated carbocycles. The molecule has 2 aromatic carbocycles. The average molecular weight is 404 g/mol. The normalized spacial score (nSPS) is 16.2. The van der Waals surface area contributed by atoms with Crippen molar-refractivity contribution < 1.29 is 19.2 Å². The van der Waals surface area contributed by atoms with Gasteiger partial charge >= 0.3 is 0 Å². The summed E-state index contributed by atoms with van der Waals surface area (Å²) in [5, 5.41) is 14.2. The van der Waals surface area contributed by atoms with E-state index in [4.69, 9.17) is 16.3 Å². The lowest BCUT2D eigenvalue weighted by Crippen LogP contribution is -2.28. The second kappa shape index (κ2) is 7.85. The Morgan fingerprint density at radius 3 is 2.75 bits per heavy atom. The van der Waals surface area contributed by atoms with Gasteiger partial charge in [-0.05, 0) is 31.2 Å². The number of nitrogens with one attached hydrogen (secondary N) is 1. The van der Waals surface area contributed by atoms with E-state index in [1.54, 1.807) is 37.3 Å². The molecule has 0 spiro atoms. The minimum atomic E-state index is -0.600. The molecule has 0 aliphatic carbocycles. The number of carbonyl (C=O) groups is 2. The van der Waals surface area contributed by atoms with Crippen LogP contribution in [-0.2, 0) is 9.59 Å². The van der Waals surface area contributed by atoms with Gasteiger partial charge in [0, 0.05) is 35.3 Å². The lowest BCUT2D eigenvalue weighted by Gasteiger charge is -2.20. The highest BCUT2D eigenvalue weighted by molar-refractivity contribution is 6.31. The Hall–Kier alpha value is -3.13. The fourth-order valence-electron chi connectivity index (χ4n) is 3.12. The maximum absolute atomic E-state index is 12.6. The third-order valence-corrected chi connectivity index (χ3v) is 4.84. The fraction of sp³-hybridized carbons (Fsp3) is 0.263. The number of anilines is 2. The minimum absolute atomic E-state index is 0.0233. The Morgan fingerprint density at radius 1 is 1.32 bits per heavy atom. The number of benzene rings is 2. The predicted molar refractivity (Wildman–Crippen MR) is 105 cm³/mol. The van der Waals surface area contributed by atoms with E-state index < -0.39 is 10.8 Å². The van der Waals surface area contributed by atoms with Crippen molar-refractivity contribution in [3.63, 3.8) is 0 Å². The van der Waals surface area contributed by atoms with Crippen molar-refractivity contribution in [1.82, 2.24) is 0 Å². The van der Waals surface area contributed by atoms with Gasteiger partial charge in [0.2, 0.25) is 11.8 Å². The summed E-state index contributed by atoms with van der Waals surface area (Å²) >= 11 is 6.03. The van der Waals surface area contributed by atoms with Crippen molar-refractivity contribution in [3.8, 4) is 5.75 Å². The number of rotatable bonds is 5. The monoisotopic (exact) mass is 403 g/mol. The van der Waals surface area contributed by atoms with Crippen molar-refractivity contribution in [2.45, 2.75) is 13.3 Å². The second-order valence-corrected chi connectivity index (χ2v) is 6.91. The van der Waals surface area contributed by atoms with Crippen LogP contribution in [0, 0.1) is 23.0 Å². The van der Waals surface area contributed by atoms with Crippen molar-refractivity contribution in [3.05, 3.63) is 57.1 Å². The number of hydrogen-bond acceptors (Lipinski definition) is 5. The molecule has 0 unspecified atom stereocenters. The van der Waals surface area contributed by atoms with Crippen LogP contribution in [0.3, 0.4) is 0 Å². The van der Waals surface area contributed by atoms with Crippen LogP contribution in [0.25, 0.3) is 0 Å². The Balaban J connectivity index is 1.77. The summed E-state index contributed by atoms with van der Waals surface area (Å²) in [6.07, 6.45) is 0.0233. The fourth-order valence-corrected chi connectivity index (χ4v) is 3.28. The van der Waals surface area contributed by atoms with E-state index in [0.29, 0.717) is 27.7 Å². The summed E-state index contributed by atoms with van der Waals surface area (Å²) in [4.78, 5) is 37.1. The maximum atomic E-state index is 12.6. The summed E-state index contributed by atoms with van der Waals surface area (Å²) in [7, 11) is 1.49. The van der Waals surface area contributed by atoms with Crippen molar-refractivity contribution >= 4 is 40.5 Å². The second-order valence-electron chi connectivity index (χ2n) is 6.47. The molecule has 0 bridgehead atoms. The topological polar surface area (TPSA) is 102 Å². The number of ether oxygens (including phenoxy) is 1. The highest BCUT2D eigenvalue weighted by Crippen LogP contribution is 2.35. The summed E-state index contributed by atoms with van der Waals surface area (Å²) in [5.74, 6) is -0.727. The largest absolute Gasteiger partial charge is 0.495 e.